The molecule has 0 spiro atoms. The highest BCUT2D eigenvalue weighted by Crippen LogP contribution is 2.41. The van der Waals surface area contributed by atoms with E-state index >= 15 is 0 Å². The zero-order valence-electron chi connectivity index (χ0n) is 15.3. The van der Waals surface area contributed by atoms with Crippen LogP contribution >= 0.6 is 11.8 Å². The molecule has 0 radical (unpaired) electrons. The Morgan fingerprint density at radius 1 is 1.07 bits per heavy atom. The zero-order chi connectivity index (χ0) is 20.2. The summed E-state index contributed by atoms with van der Waals surface area (Å²) in [5, 5.41) is 13.7. The molecule has 0 atom stereocenters. The molecule has 29 heavy (non-hydrogen) atoms. The minimum Gasteiger partial charge on any atom is -0.308 e. The van der Waals surface area contributed by atoms with Crippen molar-refractivity contribution < 1.29 is 14.0 Å². The van der Waals surface area contributed by atoms with Crippen LogP contribution in [-0.2, 0) is 4.79 Å². The van der Waals surface area contributed by atoms with Gasteiger partial charge in [0.15, 0.2) is 11.0 Å². The van der Waals surface area contributed by atoms with Crippen molar-refractivity contribution in [1.82, 2.24) is 20.1 Å². The molecule has 1 aliphatic carbocycles. The molecular formula is C20H18FN5O2S. The Balaban J connectivity index is 1.40. The third kappa shape index (κ3) is 4.62. The molecule has 0 aliphatic heterocycles. The molecule has 1 saturated carbocycles. The lowest BCUT2D eigenvalue weighted by atomic mass is 10.2. The number of nitrogens with zero attached hydrogens (tertiary/aromatic N) is 3. The topological polar surface area (TPSA) is 88.9 Å². The van der Waals surface area contributed by atoms with Gasteiger partial charge in [-0.1, -0.05) is 42.1 Å². The van der Waals surface area contributed by atoms with E-state index in [1.807, 2.05) is 10.6 Å². The van der Waals surface area contributed by atoms with E-state index in [1.165, 1.54) is 17.8 Å². The molecule has 3 aromatic rings. The number of carbonyl (C=O) groups is 2. The Bertz CT molecular complexity index is 1040. The normalized spacial score (nSPS) is 13.1. The zero-order valence-corrected chi connectivity index (χ0v) is 16.2. The quantitative estimate of drug-likeness (QED) is 0.602. The molecule has 4 rings (SSSR count). The van der Waals surface area contributed by atoms with Crippen molar-refractivity contribution in [1.29, 1.82) is 0 Å². The lowest BCUT2D eigenvalue weighted by Crippen LogP contribution is -2.35. The van der Waals surface area contributed by atoms with Crippen molar-refractivity contribution in [3.8, 4) is 11.4 Å². The van der Waals surface area contributed by atoms with Gasteiger partial charge in [0, 0.05) is 11.7 Å². The minimum absolute atomic E-state index is 0.00959. The fourth-order valence-corrected chi connectivity index (χ4v) is 3.65. The molecule has 3 amide bonds. The van der Waals surface area contributed by atoms with E-state index in [-0.39, 0.29) is 17.6 Å². The molecule has 2 N–H and O–H groups in total. The highest BCUT2D eigenvalue weighted by molar-refractivity contribution is 7.99. The van der Waals surface area contributed by atoms with Crippen molar-refractivity contribution in [2.24, 2.45) is 0 Å². The summed E-state index contributed by atoms with van der Waals surface area (Å²) in [6.07, 6.45) is 1.91. The number of hydrogen-bond donors (Lipinski definition) is 2. The predicted molar refractivity (Wildman–Crippen MR) is 108 cm³/mol. The average molecular weight is 411 g/mol. The summed E-state index contributed by atoms with van der Waals surface area (Å²) >= 11 is 1.17. The number of para-hydroxylation sites is 1. The molecule has 9 heteroatoms. The van der Waals surface area contributed by atoms with Crippen molar-refractivity contribution in [3.63, 3.8) is 0 Å². The standard InChI is InChI=1S/C20H18FN5O2S/c21-16-9-5-4-8-15(16)18-24-25-20(26(18)14-10-11-14)29-12-17(27)23-19(28)22-13-6-2-1-3-7-13/h1-9,14H,10-12H2,(H2,22,23,27,28). The van der Waals surface area contributed by atoms with E-state index in [1.54, 1.807) is 42.5 Å². The summed E-state index contributed by atoms with van der Waals surface area (Å²) in [6, 6.07) is 14.9. The van der Waals surface area contributed by atoms with Gasteiger partial charge in [-0.15, -0.1) is 10.2 Å². The summed E-state index contributed by atoms with van der Waals surface area (Å²) in [4.78, 5) is 24.1. The summed E-state index contributed by atoms with van der Waals surface area (Å²) in [6.45, 7) is 0. The van der Waals surface area contributed by atoms with Gasteiger partial charge in [0.25, 0.3) is 0 Å². The number of amides is 3. The van der Waals surface area contributed by atoms with E-state index < -0.39 is 11.9 Å². The smallest absolute Gasteiger partial charge is 0.308 e. The van der Waals surface area contributed by atoms with Gasteiger partial charge in [0.1, 0.15) is 5.82 Å². The second kappa shape index (κ2) is 8.44. The largest absolute Gasteiger partial charge is 0.325 e. The summed E-state index contributed by atoms with van der Waals surface area (Å²) in [5.41, 5.74) is 0.971. The van der Waals surface area contributed by atoms with Crippen molar-refractivity contribution >= 4 is 29.4 Å². The number of benzene rings is 2. The number of nitrogens with one attached hydrogen (secondary N) is 2. The van der Waals surface area contributed by atoms with Crippen LogP contribution in [0, 0.1) is 5.82 Å². The van der Waals surface area contributed by atoms with Crippen LogP contribution in [-0.4, -0.2) is 32.5 Å². The molecule has 1 aliphatic rings. The first-order valence-corrected chi connectivity index (χ1v) is 10.1. The Morgan fingerprint density at radius 3 is 2.52 bits per heavy atom. The lowest BCUT2D eigenvalue weighted by Gasteiger charge is -2.09. The number of thioether (sulfide) groups is 1. The monoisotopic (exact) mass is 411 g/mol. The molecule has 0 saturated heterocycles. The maximum atomic E-state index is 14.2. The minimum atomic E-state index is -0.600. The summed E-state index contributed by atoms with van der Waals surface area (Å²) < 4.78 is 16.1. The summed E-state index contributed by atoms with van der Waals surface area (Å²) in [7, 11) is 0. The van der Waals surface area contributed by atoms with Gasteiger partial charge in [0.05, 0.1) is 11.3 Å². The van der Waals surface area contributed by atoms with Crippen LogP contribution < -0.4 is 10.6 Å². The predicted octanol–water partition coefficient (Wildman–Crippen LogP) is 3.86. The van der Waals surface area contributed by atoms with Gasteiger partial charge in [-0.05, 0) is 37.1 Å². The third-order valence-corrected chi connectivity index (χ3v) is 5.25. The van der Waals surface area contributed by atoms with Crippen molar-refractivity contribution in [2.45, 2.75) is 24.0 Å². The number of carbonyl (C=O) groups excluding carboxylic acids is 2. The second-order valence-electron chi connectivity index (χ2n) is 6.54. The number of halogens is 1. The maximum absolute atomic E-state index is 14.2. The molecule has 1 fully saturated rings. The van der Waals surface area contributed by atoms with Crippen LogP contribution in [0.4, 0.5) is 14.9 Å². The Kier molecular flexibility index (Phi) is 5.57. The number of imide groups is 1. The fraction of sp³-hybridized carbons (Fsp3) is 0.200. The van der Waals surface area contributed by atoms with Gasteiger partial charge in [-0.3, -0.25) is 14.7 Å². The first-order valence-electron chi connectivity index (χ1n) is 9.10. The van der Waals surface area contributed by atoms with Gasteiger partial charge in [-0.25, -0.2) is 9.18 Å². The van der Waals surface area contributed by atoms with Crippen molar-refractivity contribution in [3.05, 3.63) is 60.4 Å². The van der Waals surface area contributed by atoms with Crippen LogP contribution in [0.3, 0.4) is 0 Å². The van der Waals surface area contributed by atoms with Gasteiger partial charge in [-0.2, -0.15) is 0 Å². The Hall–Kier alpha value is -3.20. The van der Waals surface area contributed by atoms with Crippen LogP contribution in [0.15, 0.2) is 59.8 Å². The SMILES string of the molecule is O=C(CSc1nnc(-c2ccccc2F)n1C1CC1)NC(=O)Nc1ccccc1. The van der Waals surface area contributed by atoms with E-state index in [0.717, 1.165) is 12.8 Å². The molecular weight excluding hydrogens is 393 g/mol. The van der Waals surface area contributed by atoms with E-state index in [0.29, 0.717) is 22.2 Å². The van der Waals surface area contributed by atoms with Crippen LogP contribution in [0.1, 0.15) is 18.9 Å². The number of rotatable bonds is 6. The summed E-state index contributed by atoms with van der Waals surface area (Å²) in [5.74, 6) is -0.380. The van der Waals surface area contributed by atoms with Gasteiger partial charge < -0.3 is 5.32 Å². The lowest BCUT2D eigenvalue weighted by molar-refractivity contribution is -0.117. The number of aromatic nitrogens is 3. The highest BCUT2D eigenvalue weighted by Gasteiger charge is 2.31. The molecule has 7 nitrogen and oxygen atoms in total. The van der Waals surface area contributed by atoms with Gasteiger partial charge >= 0.3 is 6.03 Å². The molecule has 148 valence electrons. The molecule has 0 bridgehead atoms. The first-order chi connectivity index (χ1) is 14.1. The average Bonchev–Trinajstić information content (AvgIpc) is 3.47. The van der Waals surface area contributed by atoms with Crippen LogP contribution in [0.25, 0.3) is 11.4 Å². The van der Waals surface area contributed by atoms with E-state index in [9.17, 15) is 14.0 Å². The van der Waals surface area contributed by atoms with E-state index in [2.05, 4.69) is 20.8 Å². The second-order valence-corrected chi connectivity index (χ2v) is 7.49. The molecule has 1 aromatic heterocycles. The number of urea groups is 1. The van der Waals surface area contributed by atoms with E-state index in [4.69, 9.17) is 0 Å². The number of anilines is 1. The Morgan fingerprint density at radius 2 is 1.79 bits per heavy atom. The molecule has 2 aromatic carbocycles. The van der Waals surface area contributed by atoms with Crippen LogP contribution in [0.2, 0.25) is 0 Å². The fourth-order valence-electron chi connectivity index (χ4n) is 2.84. The Labute approximate surface area is 170 Å². The van der Waals surface area contributed by atoms with Crippen molar-refractivity contribution in [2.75, 3.05) is 11.1 Å². The highest BCUT2D eigenvalue weighted by atomic mass is 32.2. The van der Waals surface area contributed by atoms with Crippen LogP contribution in [0.5, 0.6) is 0 Å². The number of hydrogen-bond acceptors (Lipinski definition) is 5. The molecule has 1 heterocycles. The third-order valence-electron chi connectivity index (χ3n) is 4.31. The van der Waals surface area contributed by atoms with Gasteiger partial charge in [0.2, 0.25) is 5.91 Å². The maximum Gasteiger partial charge on any atom is 0.325 e. The first kappa shape index (κ1) is 19.1. The molecule has 0 unspecified atom stereocenters.